The summed E-state index contributed by atoms with van der Waals surface area (Å²) in [7, 11) is 3.23. The van der Waals surface area contributed by atoms with Gasteiger partial charge in [-0.15, -0.1) is 0 Å². The van der Waals surface area contributed by atoms with Crippen molar-refractivity contribution in [2.45, 2.75) is 0 Å². The van der Waals surface area contributed by atoms with Crippen LogP contribution in [0.5, 0.6) is 11.5 Å². The molecule has 2 aromatic rings. The molecular weight excluding hydrogens is 168 g/mol. The molecule has 0 N–H and O–H groups in total. The van der Waals surface area contributed by atoms with Crippen molar-refractivity contribution >= 4 is 11.0 Å². The van der Waals surface area contributed by atoms with Gasteiger partial charge in [-0.2, -0.15) is 0 Å². The van der Waals surface area contributed by atoms with Crippen LogP contribution < -0.4 is 9.47 Å². The van der Waals surface area contributed by atoms with Crippen LogP contribution in [-0.4, -0.2) is 14.2 Å². The minimum Gasteiger partial charge on any atom is -0.493 e. The number of hydrogen-bond acceptors (Lipinski definition) is 3. The predicted octanol–water partition coefficient (Wildman–Crippen LogP) is 2.45. The van der Waals surface area contributed by atoms with Crippen LogP contribution in [0.15, 0.2) is 28.9 Å². The average Bonchev–Trinajstić information content (AvgIpc) is 2.60. The van der Waals surface area contributed by atoms with Gasteiger partial charge in [-0.1, -0.05) is 6.07 Å². The zero-order valence-electron chi connectivity index (χ0n) is 7.53. The molecule has 1 aromatic carbocycles. The molecule has 0 atom stereocenters. The largest absolute Gasteiger partial charge is 0.493 e. The number of fused-ring (bicyclic) bond motifs is 1. The van der Waals surface area contributed by atoms with Crippen molar-refractivity contribution in [3.63, 3.8) is 0 Å². The Hall–Kier alpha value is -1.64. The van der Waals surface area contributed by atoms with E-state index < -0.39 is 0 Å². The maximum absolute atomic E-state index is 5.31. The molecule has 68 valence electrons. The summed E-state index contributed by atoms with van der Waals surface area (Å²) in [5.74, 6) is 1.45. The monoisotopic (exact) mass is 178 g/mol. The van der Waals surface area contributed by atoms with Gasteiger partial charge in [-0.25, -0.2) is 0 Å². The summed E-state index contributed by atoms with van der Waals surface area (Å²) >= 11 is 0. The summed E-state index contributed by atoms with van der Waals surface area (Å²) in [4.78, 5) is 0. The number of benzene rings is 1. The Labute approximate surface area is 75.9 Å². The van der Waals surface area contributed by atoms with Crippen molar-refractivity contribution in [3.8, 4) is 11.5 Å². The molecule has 0 aliphatic heterocycles. The van der Waals surface area contributed by atoms with E-state index in [9.17, 15) is 0 Å². The highest BCUT2D eigenvalue weighted by Crippen LogP contribution is 2.33. The Morgan fingerprint density at radius 2 is 1.85 bits per heavy atom. The van der Waals surface area contributed by atoms with Crippen LogP contribution in [0.25, 0.3) is 11.0 Å². The maximum atomic E-state index is 5.31. The molecule has 0 unspecified atom stereocenters. The van der Waals surface area contributed by atoms with Crippen LogP contribution >= 0.6 is 0 Å². The predicted molar refractivity (Wildman–Crippen MR) is 49.3 cm³/mol. The van der Waals surface area contributed by atoms with Crippen LogP contribution in [0.1, 0.15) is 0 Å². The Kier molecular flexibility index (Phi) is 1.85. The summed E-state index contributed by atoms with van der Waals surface area (Å²) in [6, 6.07) is 5.69. The van der Waals surface area contributed by atoms with Crippen molar-refractivity contribution in [1.82, 2.24) is 0 Å². The Bertz CT molecular complexity index is 417. The summed E-state index contributed by atoms with van der Waals surface area (Å²) in [6.45, 7) is 0. The molecule has 0 bridgehead atoms. The van der Waals surface area contributed by atoms with E-state index in [1.54, 1.807) is 20.5 Å². The smallest absolute Gasteiger partial charge is 0.179 e. The lowest BCUT2D eigenvalue weighted by Crippen LogP contribution is -1.83. The summed E-state index contributed by atoms with van der Waals surface area (Å²) in [6.07, 6.45) is 1.58. The summed E-state index contributed by atoms with van der Waals surface area (Å²) in [5.41, 5.74) is 0.724. The number of methoxy groups -OCH3 is 2. The van der Waals surface area contributed by atoms with Gasteiger partial charge in [0.25, 0.3) is 0 Å². The third kappa shape index (κ3) is 1.13. The van der Waals surface area contributed by atoms with E-state index in [0.29, 0.717) is 0 Å². The zero-order chi connectivity index (χ0) is 9.26. The second-order valence-electron chi connectivity index (χ2n) is 2.64. The minimum absolute atomic E-state index is 0.723. The molecular formula is C10H10O3. The number of rotatable bonds is 2. The quantitative estimate of drug-likeness (QED) is 0.707. The lowest BCUT2D eigenvalue weighted by atomic mass is 10.2. The van der Waals surface area contributed by atoms with Crippen molar-refractivity contribution in [3.05, 3.63) is 24.5 Å². The average molecular weight is 178 g/mol. The molecule has 0 spiro atoms. The fraction of sp³-hybridized carbons (Fsp3) is 0.200. The maximum Gasteiger partial charge on any atom is 0.179 e. The fourth-order valence-electron chi connectivity index (χ4n) is 1.33. The lowest BCUT2D eigenvalue weighted by Gasteiger charge is -1.99. The fourth-order valence-corrected chi connectivity index (χ4v) is 1.33. The Morgan fingerprint density at radius 3 is 2.54 bits per heavy atom. The highest BCUT2D eigenvalue weighted by atomic mass is 16.5. The molecule has 0 aliphatic rings. The van der Waals surface area contributed by atoms with Gasteiger partial charge in [0.15, 0.2) is 17.1 Å². The topological polar surface area (TPSA) is 31.6 Å². The van der Waals surface area contributed by atoms with Gasteiger partial charge >= 0.3 is 0 Å². The van der Waals surface area contributed by atoms with E-state index in [0.717, 1.165) is 22.5 Å². The number of furan rings is 1. The minimum atomic E-state index is 0.723. The van der Waals surface area contributed by atoms with E-state index in [1.807, 2.05) is 18.2 Å². The van der Waals surface area contributed by atoms with Gasteiger partial charge < -0.3 is 13.9 Å². The van der Waals surface area contributed by atoms with Crippen molar-refractivity contribution in [1.29, 1.82) is 0 Å². The third-order valence-electron chi connectivity index (χ3n) is 1.97. The van der Waals surface area contributed by atoms with E-state index in [2.05, 4.69) is 0 Å². The highest BCUT2D eigenvalue weighted by molar-refractivity contribution is 5.88. The van der Waals surface area contributed by atoms with E-state index in [1.165, 1.54) is 0 Å². The molecule has 3 nitrogen and oxygen atoms in total. The van der Waals surface area contributed by atoms with Gasteiger partial charge in [0.2, 0.25) is 0 Å². The first-order valence-corrected chi connectivity index (χ1v) is 3.95. The van der Waals surface area contributed by atoms with Crippen LogP contribution in [0, 0.1) is 0 Å². The first-order valence-electron chi connectivity index (χ1n) is 3.95. The molecule has 13 heavy (non-hydrogen) atoms. The first-order chi connectivity index (χ1) is 6.36. The molecule has 0 fully saturated rings. The zero-order valence-corrected chi connectivity index (χ0v) is 7.53. The molecule has 3 heteroatoms. The highest BCUT2D eigenvalue weighted by Gasteiger charge is 2.09. The SMILES string of the molecule is COc1coc2c(OC)cccc12. The molecule has 0 amide bonds. The van der Waals surface area contributed by atoms with E-state index in [4.69, 9.17) is 13.9 Å². The normalized spacial score (nSPS) is 10.3. The number of hydrogen-bond donors (Lipinski definition) is 0. The third-order valence-corrected chi connectivity index (χ3v) is 1.97. The van der Waals surface area contributed by atoms with Crippen LogP contribution in [-0.2, 0) is 0 Å². The second-order valence-corrected chi connectivity index (χ2v) is 2.64. The second kappa shape index (κ2) is 3.01. The van der Waals surface area contributed by atoms with Gasteiger partial charge in [-0.3, -0.25) is 0 Å². The summed E-state index contributed by atoms with van der Waals surface area (Å²) in [5, 5.41) is 0.932. The molecule has 0 aliphatic carbocycles. The molecule has 1 aromatic heterocycles. The Balaban J connectivity index is 2.72. The Morgan fingerprint density at radius 1 is 1.08 bits per heavy atom. The van der Waals surface area contributed by atoms with Gasteiger partial charge in [0.05, 0.1) is 19.6 Å². The van der Waals surface area contributed by atoms with Crippen molar-refractivity contribution in [2.24, 2.45) is 0 Å². The van der Waals surface area contributed by atoms with Crippen LogP contribution in [0.3, 0.4) is 0 Å². The number of para-hydroxylation sites is 1. The van der Waals surface area contributed by atoms with Gasteiger partial charge in [0, 0.05) is 0 Å². The van der Waals surface area contributed by atoms with Gasteiger partial charge in [0.1, 0.15) is 6.26 Å². The van der Waals surface area contributed by atoms with E-state index >= 15 is 0 Å². The lowest BCUT2D eigenvalue weighted by molar-refractivity contribution is 0.403. The van der Waals surface area contributed by atoms with Crippen molar-refractivity contribution < 1.29 is 13.9 Å². The van der Waals surface area contributed by atoms with Crippen LogP contribution in [0.2, 0.25) is 0 Å². The van der Waals surface area contributed by atoms with E-state index in [-0.39, 0.29) is 0 Å². The van der Waals surface area contributed by atoms with Crippen molar-refractivity contribution in [2.75, 3.05) is 14.2 Å². The van der Waals surface area contributed by atoms with Crippen LogP contribution in [0.4, 0.5) is 0 Å². The molecule has 2 rings (SSSR count). The van der Waals surface area contributed by atoms with Gasteiger partial charge in [-0.05, 0) is 12.1 Å². The number of ether oxygens (including phenoxy) is 2. The molecule has 0 radical (unpaired) electrons. The molecule has 0 saturated heterocycles. The summed E-state index contributed by atoms with van der Waals surface area (Å²) < 4.78 is 15.6. The molecule has 1 heterocycles. The molecule has 0 saturated carbocycles. The first kappa shape index (κ1) is 7.98. The standard InChI is InChI=1S/C10H10O3/c1-11-8-5-3-4-7-9(12-2)6-13-10(7)8/h3-6H,1-2H3.